The summed E-state index contributed by atoms with van der Waals surface area (Å²) in [7, 11) is 0. The SMILES string of the molecule is Cc1cc(NC(=O)c2ccc(COc3ccc(Br)cc3)o2)nn1Cc1ccc(Cl)cc1. The molecule has 4 rings (SSSR count). The summed E-state index contributed by atoms with van der Waals surface area (Å²) in [6.07, 6.45) is 0. The Morgan fingerprint density at radius 3 is 2.61 bits per heavy atom. The van der Waals surface area contributed by atoms with Gasteiger partial charge in [-0.15, -0.1) is 0 Å². The first kappa shape index (κ1) is 21.2. The van der Waals surface area contributed by atoms with Crippen LogP contribution in [0.5, 0.6) is 5.75 Å². The number of nitrogens with zero attached hydrogens (tertiary/aromatic N) is 2. The highest BCUT2D eigenvalue weighted by atomic mass is 79.9. The maximum atomic E-state index is 12.5. The summed E-state index contributed by atoms with van der Waals surface area (Å²) in [5.41, 5.74) is 1.99. The molecule has 0 aliphatic carbocycles. The third-order valence-corrected chi connectivity index (χ3v) is 5.33. The largest absolute Gasteiger partial charge is 0.486 e. The van der Waals surface area contributed by atoms with E-state index in [0.29, 0.717) is 28.9 Å². The molecular formula is C23H19BrClN3O3. The van der Waals surface area contributed by atoms with Gasteiger partial charge in [-0.05, 0) is 61.0 Å². The van der Waals surface area contributed by atoms with Crippen molar-refractivity contribution < 1.29 is 13.9 Å². The summed E-state index contributed by atoms with van der Waals surface area (Å²) in [5, 5.41) is 7.93. The van der Waals surface area contributed by atoms with E-state index in [2.05, 4.69) is 26.3 Å². The van der Waals surface area contributed by atoms with Crippen molar-refractivity contribution in [2.75, 3.05) is 5.32 Å². The highest BCUT2D eigenvalue weighted by Gasteiger charge is 2.14. The molecule has 0 aliphatic heterocycles. The molecule has 158 valence electrons. The van der Waals surface area contributed by atoms with Crippen molar-refractivity contribution in [3.63, 3.8) is 0 Å². The Bertz CT molecular complexity index is 1180. The number of nitrogens with one attached hydrogen (secondary N) is 1. The van der Waals surface area contributed by atoms with Crippen molar-refractivity contribution in [1.29, 1.82) is 0 Å². The summed E-state index contributed by atoms with van der Waals surface area (Å²) in [4.78, 5) is 12.5. The van der Waals surface area contributed by atoms with Crippen molar-refractivity contribution in [2.45, 2.75) is 20.1 Å². The van der Waals surface area contributed by atoms with Crippen molar-refractivity contribution in [3.05, 3.63) is 99.0 Å². The topological polar surface area (TPSA) is 69.3 Å². The monoisotopic (exact) mass is 499 g/mol. The van der Waals surface area contributed by atoms with Crippen LogP contribution in [0.3, 0.4) is 0 Å². The molecular weight excluding hydrogens is 482 g/mol. The van der Waals surface area contributed by atoms with Crippen LogP contribution in [0.4, 0.5) is 5.82 Å². The van der Waals surface area contributed by atoms with Gasteiger partial charge in [0, 0.05) is 21.3 Å². The number of hydrogen-bond donors (Lipinski definition) is 1. The Morgan fingerprint density at radius 1 is 1.13 bits per heavy atom. The van der Waals surface area contributed by atoms with E-state index in [4.69, 9.17) is 20.8 Å². The van der Waals surface area contributed by atoms with Gasteiger partial charge in [0.05, 0.1) is 6.54 Å². The van der Waals surface area contributed by atoms with Crippen LogP contribution in [-0.2, 0) is 13.2 Å². The molecule has 0 fully saturated rings. The zero-order valence-electron chi connectivity index (χ0n) is 16.6. The van der Waals surface area contributed by atoms with Crippen LogP contribution in [0, 0.1) is 6.92 Å². The van der Waals surface area contributed by atoms with E-state index in [0.717, 1.165) is 15.7 Å². The van der Waals surface area contributed by atoms with Crippen LogP contribution in [0.2, 0.25) is 5.02 Å². The van der Waals surface area contributed by atoms with Gasteiger partial charge < -0.3 is 14.5 Å². The molecule has 31 heavy (non-hydrogen) atoms. The third kappa shape index (κ3) is 5.57. The van der Waals surface area contributed by atoms with Crippen LogP contribution in [0.1, 0.15) is 27.6 Å². The number of anilines is 1. The summed E-state index contributed by atoms with van der Waals surface area (Å²) >= 11 is 9.32. The Hall–Kier alpha value is -3.03. The van der Waals surface area contributed by atoms with Crippen molar-refractivity contribution in [1.82, 2.24) is 9.78 Å². The molecule has 2 aromatic heterocycles. The summed E-state index contributed by atoms with van der Waals surface area (Å²) in [6.45, 7) is 2.74. The second-order valence-electron chi connectivity index (χ2n) is 6.92. The highest BCUT2D eigenvalue weighted by molar-refractivity contribution is 9.10. The van der Waals surface area contributed by atoms with Gasteiger partial charge in [-0.25, -0.2) is 0 Å². The summed E-state index contributed by atoms with van der Waals surface area (Å²) in [5.74, 6) is 1.55. The number of hydrogen-bond acceptors (Lipinski definition) is 4. The smallest absolute Gasteiger partial charge is 0.292 e. The molecule has 6 nitrogen and oxygen atoms in total. The minimum absolute atomic E-state index is 0.194. The maximum Gasteiger partial charge on any atom is 0.292 e. The number of carbonyl (C=O) groups is 1. The summed E-state index contributed by atoms with van der Waals surface area (Å²) < 4.78 is 14.1. The number of halogens is 2. The van der Waals surface area contributed by atoms with Crippen LogP contribution in [0.25, 0.3) is 0 Å². The third-order valence-electron chi connectivity index (χ3n) is 4.55. The Morgan fingerprint density at radius 2 is 1.87 bits per heavy atom. The fourth-order valence-corrected chi connectivity index (χ4v) is 3.33. The molecule has 2 heterocycles. The van der Waals surface area contributed by atoms with Gasteiger partial charge in [0.1, 0.15) is 18.1 Å². The van der Waals surface area contributed by atoms with Crippen LogP contribution in [0.15, 0.2) is 75.6 Å². The standard InChI is InChI=1S/C23H19BrClN3O3/c1-15-12-22(27-28(15)13-16-2-6-18(25)7-3-16)26-23(29)21-11-10-20(31-21)14-30-19-8-4-17(24)5-9-19/h2-12H,13-14H2,1H3,(H,26,27,29). The molecule has 0 atom stereocenters. The molecule has 4 aromatic rings. The molecule has 0 saturated carbocycles. The Labute approximate surface area is 192 Å². The van der Waals surface area contributed by atoms with E-state index in [-0.39, 0.29) is 18.3 Å². The fraction of sp³-hybridized carbons (Fsp3) is 0.130. The number of rotatable bonds is 7. The molecule has 0 unspecified atom stereocenters. The molecule has 1 N–H and O–H groups in total. The number of benzene rings is 2. The van der Waals surface area contributed by atoms with E-state index in [1.165, 1.54) is 0 Å². The van der Waals surface area contributed by atoms with Gasteiger partial charge in [-0.2, -0.15) is 5.10 Å². The lowest BCUT2D eigenvalue weighted by Crippen LogP contribution is -2.12. The Kier molecular flexibility index (Phi) is 6.44. The number of ether oxygens (including phenoxy) is 1. The molecule has 0 spiro atoms. The van der Waals surface area contributed by atoms with Crippen LogP contribution in [-0.4, -0.2) is 15.7 Å². The minimum atomic E-state index is -0.369. The van der Waals surface area contributed by atoms with E-state index in [1.54, 1.807) is 12.1 Å². The molecule has 0 bridgehead atoms. The van der Waals surface area contributed by atoms with Crippen molar-refractivity contribution >= 4 is 39.3 Å². The van der Waals surface area contributed by atoms with Gasteiger partial charge in [-0.3, -0.25) is 9.48 Å². The van der Waals surface area contributed by atoms with Crippen molar-refractivity contribution in [2.24, 2.45) is 0 Å². The first-order chi connectivity index (χ1) is 15.0. The zero-order valence-corrected chi connectivity index (χ0v) is 19.0. The van der Waals surface area contributed by atoms with Gasteiger partial charge in [-0.1, -0.05) is 39.7 Å². The van der Waals surface area contributed by atoms with Gasteiger partial charge in [0.25, 0.3) is 5.91 Å². The molecule has 2 aromatic carbocycles. The predicted molar refractivity (Wildman–Crippen MR) is 123 cm³/mol. The highest BCUT2D eigenvalue weighted by Crippen LogP contribution is 2.19. The number of carbonyl (C=O) groups excluding carboxylic acids is 1. The first-order valence-corrected chi connectivity index (χ1v) is 10.7. The average molecular weight is 501 g/mol. The zero-order chi connectivity index (χ0) is 21.8. The molecule has 0 aliphatic rings. The number of aryl methyl sites for hydroxylation is 1. The Balaban J connectivity index is 1.36. The molecule has 0 radical (unpaired) electrons. The van der Waals surface area contributed by atoms with Crippen molar-refractivity contribution in [3.8, 4) is 5.75 Å². The van der Waals surface area contributed by atoms with Gasteiger partial charge in [0.2, 0.25) is 0 Å². The minimum Gasteiger partial charge on any atom is -0.486 e. The number of aromatic nitrogens is 2. The van der Waals surface area contributed by atoms with Crippen LogP contribution >= 0.6 is 27.5 Å². The maximum absolute atomic E-state index is 12.5. The van der Waals surface area contributed by atoms with E-state index >= 15 is 0 Å². The lowest BCUT2D eigenvalue weighted by atomic mass is 10.2. The van der Waals surface area contributed by atoms with Gasteiger partial charge >= 0.3 is 0 Å². The lowest BCUT2D eigenvalue weighted by molar-refractivity contribution is 0.0992. The first-order valence-electron chi connectivity index (χ1n) is 9.53. The lowest BCUT2D eigenvalue weighted by Gasteiger charge is -2.05. The molecule has 8 heteroatoms. The normalized spacial score (nSPS) is 10.8. The quantitative estimate of drug-likeness (QED) is 0.334. The molecule has 1 amide bonds. The van der Waals surface area contributed by atoms with E-state index < -0.39 is 0 Å². The average Bonchev–Trinajstić information content (AvgIpc) is 3.36. The predicted octanol–water partition coefficient (Wildman–Crippen LogP) is 6.08. The molecule has 0 saturated heterocycles. The van der Waals surface area contributed by atoms with E-state index in [1.807, 2.05) is 66.2 Å². The second kappa shape index (κ2) is 9.41. The van der Waals surface area contributed by atoms with Gasteiger partial charge in [0.15, 0.2) is 11.6 Å². The van der Waals surface area contributed by atoms with E-state index in [9.17, 15) is 4.79 Å². The second-order valence-corrected chi connectivity index (χ2v) is 8.27. The van der Waals surface area contributed by atoms with Crippen LogP contribution < -0.4 is 10.1 Å². The summed E-state index contributed by atoms with van der Waals surface area (Å²) in [6, 6.07) is 20.2. The number of amides is 1. The fourth-order valence-electron chi connectivity index (χ4n) is 2.93. The number of furan rings is 1.